The largest absolute Gasteiger partial charge is 0.496 e. The number of nitrogens with zero attached hydrogens (tertiary/aromatic N) is 3. The second-order valence-electron chi connectivity index (χ2n) is 8.84. The number of benzene rings is 1. The van der Waals surface area contributed by atoms with Crippen LogP contribution in [0.1, 0.15) is 26.3 Å². The molecule has 0 bridgehead atoms. The molecule has 2 fully saturated rings. The van der Waals surface area contributed by atoms with Gasteiger partial charge in [-0.15, -0.1) is 0 Å². The molecule has 28 heavy (non-hydrogen) atoms. The molecule has 0 spiro atoms. The number of carbonyl (C=O) groups excluding carboxylic acids is 1. The number of nitrogens with two attached hydrogens (primary N) is 1. The molecule has 1 aromatic heterocycles. The third-order valence-corrected chi connectivity index (χ3v) is 5.46. The highest BCUT2D eigenvalue weighted by Crippen LogP contribution is 2.35. The molecule has 3 heterocycles. The number of aromatic nitrogens is 1. The van der Waals surface area contributed by atoms with Crippen LogP contribution in [0.15, 0.2) is 16.7 Å². The Morgan fingerprint density at radius 3 is 2.54 bits per heavy atom. The van der Waals surface area contributed by atoms with Crippen LogP contribution in [0.2, 0.25) is 0 Å². The maximum Gasteiger partial charge on any atom is 0.410 e. The maximum atomic E-state index is 12.3. The van der Waals surface area contributed by atoms with Gasteiger partial charge in [0.15, 0.2) is 11.4 Å². The first-order valence-corrected chi connectivity index (χ1v) is 9.65. The van der Waals surface area contributed by atoms with Gasteiger partial charge in [0.05, 0.1) is 7.11 Å². The minimum Gasteiger partial charge on any atom is -0.496 e. The number of methoxy groups -OCH3 is 1. The fourth-order valence-corrected chi connectivity index (χ4v) is 4.32. The zero-order chi connectivity index (χ0) is 20.1. The molecular formula is C20H28N4O4. The average molecular weight is 388 g/mol. The van der Waals surface area contributed by atoms with E-state index >= 15 is 0 Å². The lowest BCUT2D eigenvalue weighted by molar-refractivity contribution is 0.0274. The lowest BCUT2D eigenvalue weighted by Gasteiger charge is -2.26. The van der Waals surface area contributed by atoms with Gasteiger partial charge >= 0.3 is 6.09 Å². The van der Waals surface area contributed by atoms with Crippen molar-refractivity contribution in [2.75, 3.05) is 39.0 Å². The molecule has 0 saturated carbocycles. The van der Waals surface area contributed by atoms with E-state index < -0.39 is 5.60 Å². The van der Waals surface area contributed by atoms with Gasteiger partial charge in [0.2, 0.25) is 0 Å². The fraction of sp³-hybridized carbons (Fsp3) is 0.600. The van der Waals surface area contributed by atoms with Crippen LogP contribution in [-0.2, 0) is 11.3 Å². The summed E-state index contributed by atoms with van der Waals surface area (Å²) >= 11 is 0. The molecule has 8 heteroatoms. The molecule has 152 valence electrons. The van der Waals surface area contributed by atoms with E-state index in [1.807, 2.05) is 37.8 Å². The molecule has 2 aliphatic heterocycles. The van der Waals surface area contributed by atoms with E-state index in [4.69, 9.17) is 19.7 Å². The summed E-state index contributed by atoms with van der Waals surface area (Å²) in [5.41, 5.74) is 7.15. The topological polar surface area (TPSA) is 94.1 Å². The predicted octanol–water partition coefficient (Wildman–Crippen LogP) is 2.72. The maximum absolute atomic E-state index is 12.3. The van der Waals surface area contributed by atoms with Gasteiger partial charge in [-0.05, 0) is 50.3 Å². The number of rotatable bonds is 3. The first kappa shape index (κ1) is 18.9. The summed E-state index contributed by atoms with van der Waals surface area (Å²) in [5.74, 6) is 2.00. The quantitative estimate of drug-likeness (QED) is 0.864. The summed E-state index contributed by atoms with van der Waals surface area (Å²) in [6.45, 7) is 9.94. The highest BCUT2D eigenvalue weighted by atomic mass is 16.6. The van der Waals surface area contributed by atoms with Crippen LogP contribution in [0.5, 0.6) is 5.75 Å². The normalized spacial score (nSPS) is 22.6. The van der Waals surface area contributed by atoms with Crippen molar-refractivity contribution in [1.29, 1.82) is 0 Å². The molecule has 2 N–H and O–H groups in total. The number of ether oxygens (including phenoxy) is 2. The molecule has 8 nitrogen and oxygen atoms in total. The second kappa shape index (κ2) is 6.84. The van der Waals surface area contributed by atoms with E-state index in [9.17, 15) is 4.79 Å². The van der Waals surface area contributed by atoms with Crippen molar-refractivity contribution < 1.29 is 18.8 Å². The van der Waals surface area contributed by atoms with Crippen LogP contribution in [0.3, 0.4) is 0 Å². The summed E-state index contributed by atoms with van der Waals surface area (Å²) in [5, 5.41) is 4.55. The third kappa shape index (κ3) is 3.61. The van der Waals surface area contributed by atoms with Crippen molar-refractivity contribution >= 4 is 22.9 Å². The zero-order valence-corrected chi connectivity index (χ0v) is 16.9. The Hall–Kier alpha value is -2.48. The Balaban J connectivity index is 1.39. The monoisotopic (exact) mass is 388 g/mol. The van der Waals surface area contributed by atoms with E-state index in [-0.39, 0.29) is 6.09 Å². The summed E-state index contributed by atoms with van der Waals surface area (Å²) in [4.78, 5) is 16.6. The number of likely N-dealkylation sites (tertiary alicyclic amines) is 2. The van der Waals surface area contributed by atoms with Gasteiger partial charge < -0.3 is 24.6 Å². The van der Waals surface area contributed by atoms with Gasteiger partial charge in [0, 0.05) is 32.7 Å². The molecule has 2 saturated heterocycles. The Morgan fingerprint density at radius 2 is 1.93 bits per heavy atom. The third-order valence-electron chi connectivity index (χ3n) is 5.46. The summed E-state index contributed by atoms with van der Waals surface area (Å²) in [6.07, 6.45) is -0.202. The lowest BCUT2D eigenvalue weighted by Crippen LogP contribution is -2.37. The van der Waals surface area contributed by atoms with Crippen LogP contribution in [0.25, 0.3) is 11.0 Å². The smallest absolute Gasteiger partial charge is 0.410 e. The molecule has 2 aromatic rings. The van der Waals surface area contributed by atoms with Crippen LogP contribution in [0, 0.1) is 11.8 Å². The van der Waals surface area contributed by atoms with Crippen LogP contribution >= 0.6 is 0 Å². The van der Waals surface area contributed by atoms with Gasteiger partial charge in [-0.1, -0.05) is 5.16 Å². The molecule has 2 atom stereocenters. The van der Waals surface area contributed by atoms with Crippen LogP contribution in [0.4, 0.5) is 10.6 Å². The Bertz CT molecular complexity index is 874. The SMILES string of the molecule is COc1cc(CN2C[C@@H]3CN(C(=O)OC(C)(C)C)C[C@@H]3C2)cc2onc(N)c12. The van der Waals surface area contributed by atoms with Crippen molar-refractivity contribution in [3.05, 3.63) is 17.7 Å². The molecule has 2 aliphatic rings. The van der Waals surface area contributed by atoms with E-state index in [2.05, 4.69) is 10.1 Å². The predicted molar refractivity (Wildman–Crippen MR) is 105 cm³/mol. The molecule has 0 unspecified atom stereocenters. The van der Waals surface area contributed by atoms with E-state index in [1.165, 1.54) is 0 Å². The van der Waals surface area contributed by atoms with Crippen molar-refractivity contribution in [3.63, 3.8) is 0 Å². The molecule has 0 radical (unpaired) electrons. The van der Waals surface area contributed by atoms with Crippen LogP contribution in [-0.4, -0.2) is 59.9 Å². The highest BCUT2D eigenvalue weighted by Gasteiger charge is 2.42. The molecule has 4 rings (SSSR count). The number of carbonyl (C=O) groups is 1. The second-order valence-corrected chi connectivity index (χ2v) is 8.84. The van der Waals surface area contributed by atoms with Crippen molar-refractivity contribution in [2.45, 2.75) is 32.9 Å². The number of hydrogen-bond donors (Lipinski definition) is 1. The number of amides is 1. The average Bonchev–Trinajstić information content (AvgIpc) is 3.26. The number of anilines is 1. The van der Waals surface area contributed by atoms with Gasteiger partial charge in [-0.3, -0.25) is 4.90 Å². The highest BCUT2D eigenvalue weighted by molar-refractivity contribution is 5.93. The number of hydrogen-bond acceptors (Lipinski definition) is 7. The number of nitrogen functional groups attached to an aromatic ring is 1. The molecule has 1 amide bonds. The van der Waals surface area contributed by atoms with Gasteiger partial charge in [-0.2, -0.15) is 0 Å². The Kier molecular flexibility index (Phi) is 4.61. The first-order valence-electron chi connectivity index (χ1n) is 9.65. The minimum absolute atomic E-state index is 0.202. The minimum atomic E-state index is -0.456. The molecular weight excluding hydrogens is 360 g/mol. The molecule has 1 aromatic carbocycles. The number of fused-ring (bicyclic) bond motifs is 2. The van der Waals surface area contributed by atoms with Crippen molar-refractivity contribution in [2.24, 2.45) is 11.8 Å². The summed E-state index contributed by atoms with van der Waals surface area (Å²) in [7, 11) is 1.62. The molecule has 0 aliphatic carbocycles. The van der Waals surface area contributed by atoms with Crippen LogP contribution < -0.4 is 10.5 Å². The van der Waals surface area contributed by atoms with Gasteiger partial charge in [0.1, 0.15) is 16.7 Å². The van der Waals surface area contributed by atoms with Crippen molar-refractivity contribution in [3.8, 4) is 5.75 Å². The Labute approximate surface area is 164 Å². The van der Waals surface area contributed by atoms with Gasteiger partial charge in [0.25, 0.3) is 0 Å². The zero-order valence-electron chi connectivity index (χ0n) is 16.9. The first-order chi connectivity index (χ1) is 13.2. The van der Waals surface area contributed by atoms with Gasteiger partial charge in [-0.25, -0.2) is 4.79 Å². The fourth-order valence-electron chi connectivity index (χ4n) is 4.32. The standard InChI is InChI=1S/C20H28N4O4/c1-20(2,3)27-19(25)24-10-13-8-23(9-14(13)11-24)7-12-5-15(26-4)17-16(6-12)28-22-18(17)21/h5-6,13-14H,7-11H2,1-4H3,(H2,21,22)/t13-,14+. The van der Waals surface area contributed by atoms with E-state index in [1.54, 1.807) is 7.11 Å². The summed E-state index contributed by atoms with van der Waals surface area (Å²) in [6, 6.07) is 3.97. The summed E-state index contributed by atoms with van der Waals surface area (Å²) < 4.78 is 16.3. The van der Waals surface area contributed by atoms with Crippen molar-refractivity contribution in [1.82, 2.24) is 15.0 Å². The lowest BCUT2D eigenvalue weighted by atomic mass is 10.0. The van der Waals surface area contributed by atoms with E-state index in [0.29, 0.717) is 29.0 Å². The Morgan fingerprint density at radius 1 is 1.25 bits per heavy atom. The van der Waals surface area contributed by atoms with E-state index in [0.717, 1.165) is 43.7 Å².